The van der Waals surface area contributed by atoms with Crippen LogP contribution in [-0.4, -0.2) is 18.8 Å². The molecule has 0 saturated carbocycles. The van der Waals surface area contributed by atoms with Crippen LogP contribution in [0.4, 0.5) is 0 Å². The van der Waals surface area contributed by atoms with Gasteiger partial charge in [0.25, 0.3) is 0 Å². The largest absolute Gasteiger partial charge is 0.497 e. The summed E-state index contributed by atoms with van der Waals surface area (Å²) in [6.45, 7) is 0. The predicted octanol–water partition coefficient (Wildman–Crippen LogP) is 2.46. The topological polar surface area (TPSA) is 18.5 Å². The van der Waals surface area contributed by atoms with Crippen LogP contribution in [0, 0.1) is 0 Å². The third-order valence-electron chi connectivity index (χ3n) is 2.11. The number of benzene rings is 1. The van der Waals surface area contributed by atoms with Crippen LogP contribution >= 0.6 is 11.8 Å². The maximum atomic E-state index is 5.53. The Balaban J connectivity index is 2.12. The molecular weight excluding hydrogens is 184 g/mol. The van der Waals surface area contributed by atoms with Crippen LogP contribution in [0.25, 0.3) is 0 Å². The van der Waals surface area contributed by atoms with Gasteiger partial charge in [0, 0.05) is 5.75 Å². The molecule has 1 unspecified atom stereocenters. The van der Waals surface area contributed by atoms with E-state index in [-0.39, 0.29) is 6.10 Å². The van der Waals surface area contributed by atoms with E-state index in [2.05, 4.69) is 12.1 Å². The van der Waals surface area contributed by atoms with Gasteiger partial charge < -0.3 is 9.47 Å². The molecule has 1 aromatic rings. The maximum Gasteiger partial charge on any atom is 0.118 e. The summed E-state index contributed by atoms with van der Waals surface area (Å²) < 4.78 is 10.6. The third-order valence-corrected chi connectivity index (χ3v) is 2.95. The molecule has 1 aliphatic rings. The molecule has 1 aliphatic heterocycles. The second-order valence-electron chi connectivity index (χ2n) is 2.92. The van der Waals surface area contributed by atoms with E-state index in [4.69, 9.17) is 9.47 Å². The molecule has 1 aromatic carbocycles. The van der Waals surface area contributed by atoms with Gasteiger partial charge in [0.05, 0.1) is 19.2 Å². The molecule has 0 spiro atoms. The summed E-state index contributed by atoms with van der Waals surface area (Å²) in [6.07, 6.45) is 0.274. The zero-order valence-electron chi connectivity index (χ0n) is 7.53. The van der Waals surface area contributed by atoms with E-state index < -0.39 is 0 Å². The van der Waals surface area contributed by atoms with Crippen molar-refractivity contribution in [2.24, 2.45) is 0 Å². The Hall–Kier alpha value is -0.670. The van der Waals surface area contributed by atoms with Crippen molar-refractivity contribution in [2.75, 3.05) is 18.8 Å². The van der Waals surface area contributed by atoms with Crippen LogP contribution in [0.5, 0.6) is 5.75 Å². The Bertz CT molecular complexity index is 265. The molecule has 0 bridgehead atoms. The van der Waals surface area contributed by atoms with Crippen molar-refractivity contribution in [3.8, 4) is 5.75 Å². The highest BCUT2D eigenvalue weighted by molar-refractivity contribution is 7.99. The van der Waals surface area contributed by atoms with E-state index in [9.17, 15) is 0 Å². The molecule has 1 saturated heterocycles. The summed E-state index contributed by atoms with van der Waals surface area (Å²) in [7, 11) is 1.68. The van der Waals surface area contributed by atoms with Gasteiger partial charge in [-0.1, -0.05) is 12.1 Å². The zero-order valence-corrected chi connectivity index (χ0v) is 8.34. The van der Waals surface area contributed by atoms with E-state index in [1.165, 1.54) is 5.56 Å². The van der Waals surface area contributed by atoms with Crippen LogP contribution < -0.4 is 4.74 Å². The van der Waals surface area contributed by atoms with Gasteiger partial charge in [-0.25, -0.2) is 0 Å². The van der Waals surface area contributed by atoms with Crippen molar-refractivity contribution in [1.29, 1.82) is 0 Å². The van der Waals surface area contributed by atoms with Crippen LogP contribution in [0.2, 0.25) is 0 Å². The van der Waals surface area contributed by atoms with Crippen LogP contribution in [0.3, 0.4) is 0 Å². The molecule has 2 nitrogen and oxygen atoms in total. The monoisotopic (exact) mass is 196 g/mol. The predicted molar refractivity (Wildman–Crippen MR) is 54.1 cm³/mol. The first-order valence-corrected chi connectivity index (χ1v) is 5.39. The molecule has 3 heteroatoms. The molecule has 1 fully saturated rings. The van der Waals surface area contributed by atoms with Gasteiger partial charge in [0.15, 0.2) is 0 Å². The van der Waals surface area contributed by atoms with Gasteiger partial charge in [-0.2, -0.15) is 0 Å². The highest BCUT2D eigenvalue weighted by Gasteiger charge is 2.17. The van der Waals surface area contributed by atoms with Crippen molar-refractivity contribution >= 4 is 11.8 Å². The second kappa shape index (κ2) is 4.03. The minimum absolute atomic E-state index is 0.274. The Morgan fingerprint density at radius 1 is 1.38 bits per heavy atom. The van der Waals surface area contributed by atoms with Gasteiger partial charge in [-0.3, -0.25) is 0 Å². The highest BCUT2D eigenvalue weighted by atomic mass is 32.2. The minimum Gasteiger partial charge on any atom is -0.497 e. The van der Waals surface area contributed by atoms with Gasteiger partial charge in [-0.15, -0.1) is 11.8 Å². The SMILES string of the molecule is COc1ccc(C2CSCO2)cc1. The lowest BCUT2D eigenvalue weighted by molar-refractivity contribution is 0.125. The molecule has 70 valence electrons. The number of ether oxygens (including phenoxy) is 2. The lowest BCUT2D eigenvalue weighted by Crippen LogP contribution is -1.98. The van der Waals surface area contributed by atoms with E-state index >= 15 is 0 Å². The molecule has 0 N–H and O–H groups in total. The van der Waals surface area contributed by atoms with Crippen molar-refractivity contribution < 1.29 is 9.47 Å². The molecule has 0 radical (unpaired) electrons. The number of hydrogen-bond donors (Lipinski definition) is 0. The molecule has 0 aliphatic carbocycles. The summed E-state index contributed by atoms with van der Waals surface area (Å²) >= 11 is 1.83. The van der Waals surface area contributed by atoms with Crippen LogP contribution in [-0.2, 0) is 4.74 Å². The van der Waals surface area contributed by atoms with Gasteiger partial charge >= 0.3 is 0 Å². The summed E-state index contributed by atoms with van der Waals surface area (Å²) in [5.41, 5.74) is 1.24. The van der Waals surface area contributed by atoms with Crippen molar-refractivity contribution in [3.05, 3.63) is 29.8 Å². The first-order chi connectivity index (χ1) is 6.40. The van der Waals surface area contributed by atoms with Gasteiger partial charge in [0.1, 0.15) is 5.75 Å². The standard InChI is InChI=1S/C10H12O2S/c1-11-9-4-2-8(3-5-9)10-6-13-7-12-10/h2-5,10H,6-7H2,1H3. The summed E-state index contributed by atoms with van der Waals surface area (Å²) in [4.78, 5) is 0. The molecule has 1 heterocycles. The number of thioether (sulfide) groups is 1. The molecular formula is C10H12O2S. The van der Waals surface area contributed by atoms with Crippen molar-refractivity contribution in [1.82, 2.24) is 0 Å². The van der Waals surface area contributed by atoms with Crippen molar-refractivity contribution in [3.63, 3.8) is 0 Å². The first kappa shape index (κ1) is 8.91. The molecule has 13 heavy (non-hydrogen) atoms. The smallest absolute Gasteiger partial charge is 0.118 e. The summed E-state index contributed by atoms with van der Waals surface area (Å²) in [5.74, 6) is 2.78. The molecule has 1 atom stereocenters. The first-order valence-electron chi connectivity index (χ1n) is 4.23. The van der Waals surface area contributed by atoms with Gasteiger partial charge in [-0.05, 0) is 17.7 Å². The van der Waals surface area contributed by atoms with E-state index in [1.54, 1.807) is 7.11 Å². The summed E-state index contributed by atoms with van der Waals surface area (Å²) in [6, 6.07) is 8.08. The highest BCUT2D eigenvalue weighted by Crippen LogP contribution is 2.30. The van der Waals surface area contributed by atoms with E-state index in [0.717, 1.165) is 17.4 Å². The van der Waals surface area contributed by atoms with Crippen molar-refractivity contribution in [2.45, 2.75) is 6.10 Å². The Kier molecular flexibility index (Phi) is 2.76. The number of methoxy groups -OCH3 is 1. The maximum absolute atomic E-state index is 5.53. The molecule has 2 rings (SSSR count). The van der Waals surface area contributed by atoms with E-state index in [1.807, 2.05) is 23.9 Å². The quantitative estimate of drug-likeness (QED) is 0.724. The lowest BCUT2D eigenvalue weighted by Gasteiger charge is -2.08. The fourth-order valence-electron chi connectivity index (χ4n) is 1.34. The average molecular weight is 196 g/mol. The Morgan fingerprint density at radius 2 is 2.15 bits per heavy atom. The Labute approximate surface area is 82.2 Å². The summed E-state index contributed by atoms with van der Waals surface area (Å²) in [5, 5.41) is 0. The zero-order chi connectivity index (χ0) is 9.10. The van der Waals surface area contributed by atoms with Crippen LogP contribution in [0.15, 0.2) is 24.3 Å². The number of rotatable bonds is 2. The van der Waals surface area contributed by atoms with E-state index in [0.29, 0.717) is 0 Å². The minimum atomic E-state index is 0.274. The fourth-order valence-corrected chi connectivity index (χ4v) is 2.20. The Morgan fingerprint density at radius 3 is 2.69 bits per heavy atom. The van der Waals surface area contributed by atoms with Crippen LogP contribution in [0.1, 0.15) is 11.7 Å². The second-order valence-corrected chi connectivity index (χ2v) is 3.89. The molecule has 0 aromatic heterocycles. The lowest BCUT2D eigenvalue weighted by atomic mass is 10.1. The molecule has 0 amide bonds. The number of hydrogen-bond acceptors (Lipinski definition) is 3. The fraction of sp³-hybridized carbons (Fsp3) is 0.400. The normalized spacial score (nSPS) is 21.8. The third kappa shape index (κ3) is 1.98. The van der Waals surface area contributed by atoms with Gasteiger partial charge in [0.2, 0.25) is 0 Å². The average Bonchev–Trinajstić information content (AvgIpc) is 2.71.